The number of nitrogens with zero attached hydrogens (tertiary/aromatic N) is 2. The van der Waals surface area contributed by atoms with E-state index in [0.29, 0.717) is 38.7 Å². The lowest BCUT2D eigenvalue weighted by Gasteiger charge is -2.07. The van der Waals surface area contributed by atoms with Crippen LogP contribution >= 0.6 is 0 Å². The van der Waals surface area contributed by atoms with Crippen molar-refractivity contribution < 1.29 is 28.8 Å². The van der Waals surface area contributed by atoms with E-state index in [0.717, 1.165) is 0 Å². The maximum Gasteiger partial charge on any atom is 0.354 e. The zero-order valence-corrected chi connectivity index (χ0v) is 12.2. The summed E-state index contributed by atoms with van der Waals surface area (Å²) in [5.41, 5.74) is 0.440. The summed E-state index contributed by atoms with van der Waals surface area (Å²) >= 11 is 0. The molecule has 0 atom stereocenters. The topological polar surface area (TPSA) is 100 Å². The molecular formula is C13H20N2O6. The number of carboxylic acids is 1. The average molecular weight is 300 g/mol. The Bertz CT molecular complexity index is 441. The molecule has 0 saturated carbocycles. The molecule has 8 nitrogen and oxygen atoms in total. The number of aryl methyl sites for hydroxylation is 1. The molecule has 0 bridgehead atoms. The lowest BCUT2D eigenvalue weighted by molar-refractivity contribution is 0.0172. The van der Waals surface area contributed by atoms with Gasteiger partial charge in [0.05, 0.1) is 33.0 Å². The average Bonchev–Trinajstić information content (AvgIpc) is 2.45. The van der Waals surface area contributed by atoms with Crippen molar-refractivity contribution in [2.45, 2.75) is 6.92 Å². The van der Waals surface area contributed by atoms with Crippen LogP contribution in [-0.2, 0) is 14.2 Å². The van der Waals surface area contributed by atoms with Gasteiger partial charge in [-0.25, -0.2) is 9.78 Å². The smallest absolute Gasteiger partial charge is 0.354 e. The van der Waals surface area contributed by atoms with Crippen molar-refractivity contribution in [1.82, 2.24) is 9.97 Å². The fourth-order valence-electron chi connectivity index (χ4n) is 1.37. The highest BCUT2D eigenvalue weighted by Gasteiger charge is 2.09. The highest BCUT2D eigenvalue weighted by atomic mass is 16.6. The predicted molar refractivity (Wildman–Crippen MR) is 72.7 cm³/mol. The van der Waals surface area contributed by atoms with E-state index in [1.807, 2.05) is 0 Å². The maximum atomic E-state index is 10.8. The third-order valence-electron chi connectivity index (χ3n) is 2.32. The Kier molecular flexibility index (Phi) is 8.25. The summed E-state index contributed by atoms with van der Waals surface area (Å²) in [5.74, 6) is -1.12. The molecule has 0 aliphatic rings. The molecule has 0 aromatic carbocycles. The Morgan fingerprint density at radius 3 is 2.33 bits per heavy atom. The molecule has 1 N–H and O–H groups in total. The van der Waals surface area contributed by atoms with Gasteiger partial charge in [0.2, 0.25) is 0 Å². The largest absolute Gasteiger partial charge is 0.477 e. The minimum absolute atomic E-state index is 0.0346. The van der Waals surface area contributed by atoms with E-state index >= 15 is 0 Å². The lowest BCUT2D eigenvalue weighted by atomic mass is 10.3. The molecule has 0 aliphatic carbocycles. The van der Waals surface area contributed by atoms with E-state index in [-0.39, 0.29) is 18.3 Å². The van der Waals surface area contributed by atoms with Gasteiger partial charge in [-0.3, -0.25) is 0 Å². The monoisotopic (exact) mass is 300 g/mol. The van der Waals surface area contributed by atoms with Crippen LogP contribution in [0, 0.1) is 6.92 Å². The van der Waals surface area contributed by atoms with Crippen LogP contribution in [0.5, 0.6) is 6.01 Å². The van der Waals surface area contributed by atoms with Crippen LogP contribution in [0.15, 0.2) is 6.07 Å². The predicted octanol–water partition coefficient (Wildman–Crippen LogP) is 0.542. The molecule has 21 heavy (non-hydrogen) atoms. The molecule has 0 aliphatic heterocycles. The fourth-order valence-corrected chi connectivity index (χ4v) is 1.37. The fraction of sp³-hybridized carbons (Fsp3) is 0.615. The van der Waals surface area contributed by atoms with E-state index in [9.17, 15) is 4.79 Å². The van der Waals surface area contributed by atoms with Crippen LogP contribution in [0.3, 0.4) is 0 Å². The first kappa shape index (κ1) is 17.3. The van der Waals surface area contributed by atoms with Crippen molar-refractivity contribution in [2.75, 3.05) is 46.8 Å². The molecular weight excluding hydrogens is 280 g/mol. The van der Waals surface area contributed by atoms with E-state index in [4.69, 9.17) is 24.1 Å². The molecule has 0 fully saturated rings. The molecule has 8 heteroatoms. The van der Waals surface area contributed by atoms with Gasteiger partial charge in [0.25, 0.3) is 0 Å². The van der Waals surface area contributed by atoms with Crippen LogP contribution < -0.4 is 4.74 Å². The third kappa shape index (κ3) is 7.54. The Morgan fingerprint density at radius 1 is 1.10 bits per heavy atom. The number of ether oxygens (including phenoxy) is 4. The van der Waals surface area contributed by atoms with Gasteiger partial charge in [-0.2, -0.15) is 4.98 Å². The van der Waals surface area contributed by atoms with Crippen molar-refractivity contribution in [3.8, 4) is 6.01 Å². The second kappa shape index (κ2) is 10.0. The van der Waals surface area contributed by atoms with Gasteiger partial charge in [0, 0.05) is 12.8 Å². The maximum absolute atomic E-state index is 10.8. The summed E-state index contributed by atoms with van der Waals surface area (Å²) in [6.07, 6.45) is 0. The van der Waals surface area contributed by atoms with Crippen molar-refractivity contribution in [3.63, 3.8) is 0 Å². The van der Waals surface area contributed by atoms with E-state index in [1.165, 1.54) is 6.07 Å². The SMILES string of the molecule is COCCOCCOCCOc1nc(C)cc(C(=O)O)n1. The highest BCUT2D eigenvalue weighted by Crippen LogP contribution is 2.06. The Balaban J connectivity index is 2.17. The van der Waals surface area contributed by atoms with E-state index < -0.39 is 5.97 Å². The highest BCUT2D eigenvalue weighted by molar-refractivity contribution is 5.85. The number of aromatic nitrogens is 2. The van der Waals surface area contributed by atoms with Crippen LogP contribution in [0.25, 0.3) is 0 Å². The normalized spacial score (nSPS) is 10.6. The van der Waals surface area contributed by atoms with Gasteiger partial charge in [-0.05, 0) is 13.0 Å². The zero-order chi connectivity index (χ0) is 15.5. The van der Waals surface area contributed by atoms with Gasteiger partial charge >= 0.3 is 12.0 Å². The van der Waals surface area contributed by atoms with E-state index in [2.05, 4.69) is 9.97 Å². The number of hydrogen-bond donors (Lipinski definition) is 1. The minimum Gasteiger partial charge on any atom is -0.477 e. The third-order valence-corrected chi connectivity index (χ3v) is 2.32. The van der Waals surface area contributed by atoms with Crippen molar-refractivity contribution in [3.05, 3.63) is 17.5 Å². The van der Waals surface area contributed by atoms with Crippen LogP contribution in [0.2, 0.25) is 0 Å². The van der Waals surface area contributed by atoms with Crippen molar-refractivity contribution in [1.29, 1.82) is 0 Å². The van der Waals surface area contributed by atoms with E-state index in [1.54, 1.807) is 14.0 Å². The first-order valence-corrected chi connectivity index (χ1v) is 6.49. The molecule has 1 aromatic rings. The Hall–Kier alpha value is -1.77. The molecule has 1 rings (SSSR count). The Labute approximate surface area is 123 Å². The first-order valence-electron chi connectivity index (χ1n) is 6.49. The van der Waals surface area contributed by atoms with Crippen LogP contribution in [0.4, 0.5) is 0 Å². The Morgan fingerprint density at radius 2 is 1.71 bits per heavy atom. The minimum atomic E-state index is -1.12. The number of methoxy groups -OCH3 is 1. The second-order valence-corrected chi connectivity index (χ2v) is 4.05. The van der Waals surface area contributed by atoms with Crippen LogP contribution in [0.1, 0.15) is 16.2 Å². The van der Waals surface area contributed by atoms with Gasteiger partial charge in [0.15, 0.2) is 5.69 Å². The van der Waals surface area contributed by atoms with Crippen molar-refractivity contribution in [2.24, 2.45) is 0 Å². The molecule has 0 amide bonds. The summed E-state index contributed by atoms with van der Waals surface area (Å²) in [4.78, 5) is 18.6. The molecule has 0 spiro atoms. The van der Waals surface area contributed by atoms with Gasteiger partial charge < -0.3 is 24.1 Å². The number of aromatic carboxylic acids is 1. The molecule has 1 heterocycles. The molecule has 0 saturated heterocycles. The van der Waals surface area contributed by atoms with Gasteiger partial charge in [-0.1, -0.05) is 0 Å². The number of rotatable bonds is 11. The summed E-state index contributed by atoms with van der Waals surface area (Å²) in [6.45, 7) is 4.27. The number of hydrogen-bond acceptors (Lipinski definition) is 7. The molecule has 1 aromatic heterocycles. The standard InChI is InChI=1S/C13H20N2O6/c1-10-9-11(12(16)17)15-13(14-10)21-8-7-20-6-5-19-4-3-18-2/h9H,3-8H2,1-2H3,(H,16,17). The number of carbonyl (C=O) groups is 1. The quantitative estimate of drug-likeness (QED) is 0.591. The summed E-state index contributed by atoms with van der Waals surface area (Å²) in [5, 5.41) is 8.87. The molecule has 0 radical (unpaired) electrons. The van der Waals surface area contributed by atoms with Crippen molar-refractivity contribution >= 4 is 5.97 Å². The summed E-state index contributed by atoms with van der Waals surface area (Å²) in [6, 6.07) is 1.41. The summed E-state index contributed by atoms with van der Waals surface area (Å²) < 4.78 is 20.6. The summed E-state index contributed by atoms with van der Waals surface area (Å²) in [7, 11) is 1.61. The van der Waals surface area contributed by atoms with Gasteiger partial charge in [0.1, 0.15) is 6.61 Å². The molecule has 0 unspecified atom stereocenters. The first-order chi connectivity index (χ1) is 10.1. The molecule has 118 valence electrons. The van der Waals surface area contributed by atoms with Gasteiger partial charge in [-0.15, -0.1) is 0 Å². The number of carboxylic acid groups (broad SMARTS) is 1. The second-order valence-electron chi connectivity index (χ2n) is 4.05. The lowest BCUT2D eigenvalue weighted by Crippen LogP contribution is -2.14. The van der Waals surface area contributed by atoms with Crippen LogP contribution in [-0.4, -0.2) is 67.8 Å². The zero-order valence-electron chi connectivity index (χ0n) is 12.2.